The Hall–Kier alpha value is -0.0800. The molecule has 0 radical (unpaired) electrons. The lowest BCUT2D eigenvalue weighted by Crippen LogP contribution is -2.29. The van der Waals surface area contributed by atoms with Crippen molar-refractivity contribution in [3.63, 3.8) is 0 Å². The van der Waals surface area contributed by atoms with E-state index in [0.29, 0.717) is 12.1 Å². The topological polar surface area (TPSA) is 38.0 Å². The van der Waals surface area contributed by atoms with Gasteiger partial charge in [0.25, 0.3) is 0 Å². The molecule has 0 saturated heterocycles. The van der Waals surface area contributed by atoms with E-state index in [1.165, 1.54) is 0 Å². The molecule has 0 aromatic carbocycles. The van der Waals surface area contributed by atoms with Gasteiger partial charge in [-0.2, -0.15) is 0 Å². The van der Waals surface area contributed by atoms with Crippen LogP contribution >= 0.6 is 0 Å². The van der Waals surface area contributed by atoms with E-state index in [1.54, 1.807) is 0 Å². The van der Waals surface area contributed by atoms with Gasteiger partial charge in [0.15, 0.2) is 0 Å². The van der Waals surface area contributed by atoms with Gasteiger partial charge in [-0.05, 0) is 19.4 Å². The van der Waals surface area contributed by atoms with E-state index in [0.717, 1.165) is 19.4 Å². The molecule has 62 valence electrons. The van der Waals surface area contributed by atoms with Crippen LogP contribution in [0.15, 0.2) is 0 Å². The third-order valence-corrected chi connectivity index (χ3v) is 1.59. The van der Waals surface area contributed by atoms with Crippen LogP contribution in [0.3, 0.4) is 0 Å². The molecule has 0 heterocycles. The van der Waals surface area contributed by atoms with Gasteiger partial charge < -0.3 is 11.1 Å². The van der Waals surface area contributed by atoms with Crippen molar-refractivity contribution in [3.8, 4) is 0 Å². The van der Waals surface area contributed by atoms with Crippen LogP contribution in [0.1, 0.15) is 33.6 Å². The second-order valence-electron chi connectivity index (χ2n) is 3.07. The Bertz CT molecular complexity index is 71.7. The quantitative estimate of drug-likeness (QED) is 0.606. The average molecular weight is 144 g/mol. The molecule has 0 aliphatic carbocycles. The van der Waals surface area contributed by atoms with E-state index in [4.69, 9.17) is 5.73 Å². The lowest BCUT2D eigenvalue weighted by molar-refractivity contribution is 0.515. The fraction of sp³-hybridized carbons (Fsp3) is 1.00. The molecule has 0 rings (SSSR count). The minimum Gasteiger partial charge on any atom is -0.328 e. The fourth-order valence-electron chi connectivity index (χ4n) is 0.762. The van der Waals surface area contributed by atoms with Gasteiger partial charge in [-0.3, -0.25) is 0 Å². The summed E-state index contributed by atoms with van der Waals surface area (Å²) in [5.41, 5.74) is 5.72. The highest BCUT2D eigenvalue weighted by Crippen LogP contribution is 1.91. The van der Waals surface area contributed by atoms with Crippen molar-refractivity contribution >= 4 is 0 Å². The summed E-state index contributed by atoms with van der Waals surface area (Å²) in [6.07, 6.45) is 2.18. The molecular weight excluding hydrogens is 124 g/mol. The summed E-state index contributed by atoms with van der Waals surface area (Å²) in [6, 6.07) is 0.968. The predicted octanol–water partition coefficient (Wildman–Crippen LogP) is 1.11. The number of rotatable bonds is 5. The average Bonchev–Trinajstić information content (AvgIpc) is 1.87. The van der Waals surface area contributed by atoms with Gasteiger partial charge in [0.2, 0.25) is 0 Å². The SMILES string of the molecule is CCC(N)CCNC(C)C. The molecular formula is C8H20N2. The second-order valence-corrected chi connectivity index (χ2v) is 3.07. The summed E-state index contributed by atoms with van der Waals surface area (Å²) >= 11 is 0. The zero-order chi connectivity index (χ0) is 7.98. The van der Waals surface area contributed by atoms with Crippen LogP contribution in [-0.4, -0.2) is 18.6 Å². The summed E-state index contributed by atoms with van der Waals surface area (Å²) in [7, 11) is 0. The highest BCUT2D eigenvalue weighted by molar-refractivity contribution is 4.61. The second kappa shape index (κ2) is 5.69. The monoisotopic (exact) mass is 144 g/mol. The van der Waals surface area contributed by atoms with Crippen LogP contribution < -0.4 is 11.1 Å². The first-order valence-electron chi connectivity index (χ1n) is 4.15. The molecule has 0 bridgehead atoms. The van der Waals surface area contributed by atoms with E-state index in [2.05, 4.69) is 26.1 Å². The van der Waals surface area contributed by atoms with Crippen LogP contribution in [0.4, 0.5) is 0 Å². The van der Waals surface area contributed by atoms with Crippen molar-refractivity contribution in [2.75, 3.05) is 6.54 Å². The van der Waals surface area contributed by atoms with Crippen molar-refractivity contribution in [1.82, 2.24) is 5.32 Å². The van der Waals surface area contributed by atoms with Crippen LogP contribution in [0.25, 0.3) is 0 Å². The van der Waals surface area contributed by atoms with Crippen molar-refractivity contribution in [2.45, 2.75) is 45.7 Å². The van der Waals surface area contributed by atoms with Gasteiger partial charge >= 0.3 is 0 Å². The third kappa shape index (κ3) is 6.05. The first kappa shape index (κ1) is 9.92. The molecule has 0 fully saturated rings. The predicted molar refractivity (Wildman–Crippen MR) is 46.0 cm³/mol. The number of hydrogen-bond acceptors (Lipinski definition) is 2. The van der Waals surface area contributed by atoms with Crippen LogP contribution in [0.5, 0.6) is 0 Å². The Morgan fingerprint density at radius 2 is 2.00 bits per heavy atom. The maximum absolute atomic E-state index is 5.72. The molecule has 1 atom stereocenters. The molecule has 10 heavy (non-hydrogen) atoms. The molecule has 2 heteroatoms. The Morgan fingerprint density at radius 1 is 1.40 bits per heavy atom. The number of hydrogen-bond donors (Lipinski definition) is 2. The van der Waals surface area contributed by atoms with Gasteiger partial charge in [-0.25, -0.2) is 0 Å². The summed E-state index contributed by atoms with van der Waals surface area (Å²) in [5, 5.41) is 3.33. The Kier molecular flexibility index (Phi) is 5.64. The number of nitrogens with two attached hydrogens (primary N) is 1. The van der Waals surface area contributed by atoms with Crippen molar-refractivity contribution in [1.29, 1.82) is 0 Å². The third-order valence-electron chi connectivity index (χ3n) is 1.59. The van der Waals surface area contributed by atoms with Crippen LogP contribution in [-0.2, 0) is 0 Å². The van der Waals surface area contributed by atoms with Gasteiger partial charge in [0, 0.05) is 12.1 Å². The Balaban J connectivity index is 3.03. The minimum absolute atomic E-state index is 0.381. The highest BCUT2D eigenvalue weighted by Gasteiger charge is 1.98. The fourth-order valence-corrected chi connectivity index (χ4v) is 0.762. The van der Waals surface area contributed by atoms with Gasteiger partial charge in [-0.1, -0.05) is 20.8 Å². The molecule has 1 unspecified atom stereocenters. The highest BCUT2D eigenvalue weighted by atomic mass is 14.9. The molecule has 0 aliphatic heterocycles. The molecule has 0 aliphatic rings. The van der Waals surface area contributed by atoms with E-state index < -0.39 is 0 Å². The largest absolute Gasteiger partial charge is 0.328 e. The Labute approximate surface area is 64.2 Å². The van der Waals surface area contributed by atoms with E-state index >= 15 is 0 Å². The summed E-state index contributed by atoms with van der Waals surface area (Å²) in [5.74, 6) is 0. The van der Waals surface area contributed by atoms with Crippen molar-refractivity contribution < 1.29 is 0 Å². The van der Waals surface area contributed by atoms with Crippen LogP contribution in [0.2, 0.25) is 0 Å². The van der Waals surface area contributed by atoms with E-state index in [1.807, 2.05) is 0 Å². The molecule has 3 N–H and O–H groups in total. The first-order chi connectivity index (χ1) is 4.66. The summed E-state index contributed by atoms with van der Waals surface area (Å²) < 4.78 is 0. The Morgan fingerprint density at radius 3 is 2.40 bits per heavy atom. The van der Waals surface area contributed by atoms with E-state index in [9.17, 15) is 0 Å². The lowest BCUT2D eigenvalue weighted by Gasteiger charge is -2.11. The maximum Gasteiger partial charge on any atom is 0.00482 e. The van der Waals surface area contributed by atoms with Crippen molar-refractivity contribution in [2.24, 2.45) is 5.73 Å². The zero-order valence-electron chi connectivity index (χ0n) is 7.35. The standard InChI is InChI=1S/C8H20N2/c1-4-8(9)5-6-10-7(2)3/h7-8,10H,4-6,9H2,1-3H3. The smallest absolute Gasteiger partial charge is 0.00482 e. The van der Waals surface area contributed by atoms with Crippen LogP contribution in [0, 0.1) is 0 Å². The van der Waals surface area contributed by atoms with Gasteiger partial charge in [-0.15, -0.1) is 0 Å². The number of nitrogens with one attached hydrogen (secondary N) is 1. The summed E-state index contributed by atoms with van der Waals surface area (Å²) in [6.45, 7) is 7.47. The zero-order valence-corrected chi connectivity index (χ0v) is 7.35. The van der Waals surface area contributed by atoms with E-state index in [-0.39, 0.29) is 0 Å². The first-order valence-corrected chi connectivity index (χ1v) is 4.15. The molecule has 2 nitrogen and oxygen atoms in total. The molecule has 0 spiro atoms. The van der Waals surface area contributed by atoms with Gasteiger partial charge in [0.05, 0.1) is 0 Å². The van der Waals surface area contributed by atoms with Crippen molar-refractivity contribution in [3.05, 3.63) is 0 Å². The molecule has 0 saturated carbocycles. The molecule has 0 aromatic heterocycles. The lowest BCUT2D eigenvalue weighted by atomic mass is 10.2. The summed E-state index contributed by atoms with van der Waals surface area (Å²) in [4.78, 5) is 0. The molecule has 0 amide bonds. The molecule has 0 aromatic rings. The maximum atomic E-state index is 5.72. The minimum atomic E-state index is 0.381. The normalized spacial score (nSPS) is 14.1. The van der Waals surface area contributed by atoms with Gasteiger partial charge in [0.1, 0.15) is 0 Å².